The highest BCUT2D eigenvalue weighted by Crippen LogP contribution is 2.28. The lowest BCUT2D eigenvalue weighted by Crippen LogP contribution is -2.01. The normalized spacial score (nSPS) is 10.3. The van der Waals surface area contributed by atoms with Gasteiger partial charge in [-0.05, 0) is 31.5 Å². The summed E-state index contributed by atoms with van der Waals surface area (Å²) >= 11 is 5.78. The fourth-order valence-corrected chi connectivity index (χ4v) is 1.90. The van der Waals surface area contributed by atoms with Crippen molar-refractivity contribution in [1.82, 2.24) is 4.98 Å². The molecule has 1 aromatic carbocycles. The van der Waals surface area contributed by atoms with Crippen LogP contribution in [-0.4, -0.2) is 9.91 Å². The number of nitrogens with one attached hydrogen (secondary N) is 1. The van der Waals surface area contributed by atoms with Gasteiger partial charge in [0.1, 0.15) is 5.15 Å². The van der Waals surface area contributed by atoms with Crippen molar-refractivity contribution in [3.63, 3.8) is 0 Å². The SMILES string of the molecule is Cc1ccc(Nc2nc(Cl)ccc2[N+](=O)[O-])c(C)c1. The number of aromatic nitrogens is 1. The zero-order valence-corrected chi connectivity index (χ0v) is 11.2. The molecular weight excluding hydrogens is 266 g/mol. The molecule has 2 aromatic rings. The van der Waals surface area contributed by atoms with Crippen LogP contribution in [0.15, 0.2) is 30.3 Å². The van der Waals surface area contributed by atoms with E-state index in [4.69, 9.17) is 11.6 Å². The second kappa shape index (κ2) is 5.24. The Balaban J connectivity index is 2.42. The number of halogens is 1. The van der Waals surface area contributed by atoms with Gasteiger partial charge in [0, 0.05) is 11.8 Å². The van der Waals surface area contributed by atoms with Crippen LogP contribution in [0.5, 0.6) is 0 Å². The summed E-state index contributed by atoms with van der Waals surface area (Å²) in [5, 5.41) is 14.1. The summed E-state index contributed by atoms with van der Waals surface area (Å²) in [6, 6.07) is 8.50. The van der Waals surface area contributed by atoms with Gasteiger partial charge in [-0.25, -0.2) is 4.98 Å². The van der Waals surface area contributed by atoms with Crippen molar-refractivity contribution < 1.29 is 4.92 Å². The smallest absolute Gasteiger partial charge is 0.311 e. The summed E-state index contributed by atoms with van der Waals surface area (Å²) in [4.78, 5) is 14.4. The lowest BCUT2D eigenvalue weighted by Gasteiger charge is -2.10. The van der Waals surface area contributed by atoms with Crippen LogP contribution in [0, 0.1) is 24.0 Å². The summed E-state index contributed by atoms with van der Waals surface area (Å²) in [5.74, 6) is 0.143. The first-order valence-corrected chi connectivity index (χ1v) is 6.00. The Morgan fingerprint density at radius 2 is 2.00 bits per heavy atom. The Kier molecular flexibility index (Phi) is 3.66. The largest absolute Gasteiger partial charge is 0.334 e. The van der Waals surface area contributed by atoms with Gasteiger partial charge in [-0.15, -0.1) is 0 Å². The van der Waals surface area contributed by atoms with Gasteiger partial charge in [0.15, 0.2) is 0 Å². The number of nitro groups is 1. The predicted molar refractivity (Wildman–Crippen MR) is 75.1 cm³/mol. The highest BCUT2D eigenvalue weighted by atomic mass is 35.5. The summed E-state index contributed by atoms with van der Waals surface area (Å²) in [7, 11) is 0. The molecule has 0 aliphatic heterocycles. The summed E-state index contributed by atoms with van der Waals surface area (Å²) < 4.78 is 0. The topological polar surface area (TPSA) is 68.1 Å². The Morgan fingerprint density at radius 3 is 2.63 bits per heavy atom. The fourth-order valence-electron chi connectivity index (χ4n) is 1.75. The Labute approximate surface area is 115 Å². The second-order valence-corrected chi connectivity index (χ2v) is 4.59. The highest BCUT2D eigenvalue weighted by molar-refractivity contribution is 6.29. The molecule has 0 unspecified atom stereocenters. The van der Waals surface area contributed by atoms with Gasteiger partial charge >= 0.3 is 5.69 Å². The molecule has 0 spiro atoms. The van der Waals surface area contributed by atoms with E-state index in [-0.39, 0.29) is 16.7 Å². The third-order valence-corrected chi connectivity index (χ3v) is 2.88. The molecule has 98 valence electrons. The molecule has 1 heterocycles. The van der Waals surface area contributed by atoms with Crippen molar-refractivity contribution in [2.24, 2.45) is 0 Å². The summed E-state index contributed by atoms with van der Waals surface area (Å²) in [6.45, 7) is 3.91. The monoisotopic (exact) mass is 277 g/mol. The number of hydrogen-bond acceptors (Lipinski definition) is 4. The van der Waals surface area contributed by atoms with Gasteiger partial charge < -0.3 is 5.32 Å². The minimum absolute atomic E-state index is 0.107. The molecule has 5 nitrogen and oxygen atoms in total. The first kappa shape index (κ1) is 13.3. The molecule has 2 rings (SSSR count). The number of rotatable bonds is 3. The van der Waals surface area contributed by atoms with Gasteiger partial charge in [-0.1, -0.05) is 29.3 Å². The van der Waals surface area contributed by atoms with E-state index in [9.17, 15) is 10.1 Å². The predicted octanol–water partition coefficient (Wildman–Crippen LogP) is 4.00. The average molecular weight is 278 g/mol. The van der Waals surface area contributed by atoms with Gasteiger partial charge in [0.25, 0.3) is 0 Å². The molecule has 0 aliphatic carbocycles. The van der Waals surface area contributed by atoms with Crippen LogP contribution in [-0.2, 0) is 0 Å². The zero-order valence-electron chi connectivity index (χ0n) is 10.5. The van der Waals surface area contributed by atoms with Crippen molar-refractivity contribution in [3.8, 4) is 0 Å². The van der Waals surface area contributed by atoms with E-state index >= 15 is 0 Å². The first-order chi connectivity index (χ1) is 8.97. The molecule has 0 atom stereocenters. The summed E-state index contributed by atoms with van der Waals surface area (Å²) in [5.41, 5.74) is 2.76. The van der Waals surface area contributed by atoms with Crippen LogP contribution in [0.4, 0.5) is 17.2 Å². The Bertz CT molecular complexity index is 644. The van der Waals surface area contributed by atoms with Crippen LogP contribution in [0.25, 0.3) is 0 Å². The molecule has 1 N–H and O–H groups in total. The Hall–Kier alpha value is -2.14. The van der Waals surface area contributed by atoms with Crippen LogP contribution in [0.2, 0.25) is 5.15 Å². The van der Waals surface area contributed by atoms with Crippen molar-refractivity contribution >= 4 is 28.8 Å². The summed E-state index contributed by atoms with van der Waals surface area (Å²) in [6.07, 6.45) is 0. The number of pyridine rings is 1. The van der Waals surface area contributed by atoms with Gasteiger partial charge in [0.2, 0.25) is 5.82 Å². The average Bonchev–Trinajstić information content (AvgIpc) is 2.32. The van der Waals surface area contributed by atoms with E-state index in [0.717, 1.165) is 16.8 Å². The van der Waals surface area contributed by atoms with E-state index in [2.05, 4.69) is 10.3 Å². The van der Waals surface area contributed by atoms with Crippen molar-refractivity contribution in [2.75, 3.05) is 5.32 Å². The minimum atomic E-state index is -0.491. The standard InChI is InChI=1S/C13H12ClN3O2/c1-8-3-4-10(9(2)7-8)15-13-11(17(18)19)5-6-12(14)16-13/h3-7H,1-2H3,(H,15,16). The molecule has 1 aromatic heterocycles. The second-order valence-electron chi connectivity index (χ2n) is 4.20. The number of aryl methyl sites for hydroxylation is 2. The van der Waals surface area contributed by atoms with E-state index in [1.165, 1.54) is 12.1 Å². The molecule has 0 saturated carbocycles. The van der Waals surface area contributed by atoms with E-state index in [1.54, 1.807) is 0 Å². The third-order valence-electron chi connectivity index (χ3n) is 2.67. The third kappa shape index (κ3) is 3.00. The molecule has 6 heteroatoms. The molecule has 0 bridgehead atoms. The van der Waals surface area contributed by atoms with Crippen molar-refractivity contribution in [2.45, 2.75) is 13.8 Å². The number of benzene rings is 1. The molecule has 0 radical (unpaired) electrons. The molecule has 19 heavy (non-hydrogen) atoms. The first-order valence-electron chi connectivity index (χ1n) is 5.62. The maximum atomic E-state index is 10.9. The molecule has 0 amide bonds. The maximum absolute atomic E-state index is 10.9. The van der Waals surface area contributed by atoms with E-state index in [1.807, 2.05) is 32.0 Å². The molecule has 0 saturated heterocycles. The van der Waals surface area contributed by atoms with Crippen molar-refractivity contribution in [1.29, 1.82) is 0 Å². The highest BCUT2D eigenvalue weighted by Gasteiger charge is 2.16. The van der Waals surface area contributed by atoms with Crippen LogP contribution in [0.1, 0.15) is 11.1 Å². The van der Waals surface area contributed by atoms with Gasteiger partial charge in [0.05, 0.1) is 4.92 Å². The van der Waals surface area contributed by atoms with Crippen LogP contribution < -0.4 is 5.32 Å². The Morgan fingerprint density at radius 1 is 1.26 bits per heavy atom. The van der Waals surface area contributed by atoms with Gasteiger partial charge in [-0.2, -0.15) is 0 Å². The molecular formula is C13H12ClN3O2. The van der Waals surface area contributed by atoms with Crippen LogP contribution in [0.3, 0.4) is 0 Å². The van der Waals surface area contributed by atoms with E-state index in [0.29, 0.717) is 0 Å². The quantitative estimate of drug-likeness (QED) is 0.523. The zero-order chi connectivity index (χ0) is 14.0. The number of anilines is 2. The minimum Gasteiger partial charge on any atom is -0.334 e. The van der Waals surface area contributed by atoms with Crippen LogP contribution >= 0.6 is 11.6 Å². The maximum Gasteiger partial charge on any atom is 0.311 e. The van der Waals surface area contributed by atoms with Crippen molar-refractivity contribution in [3.05, 3.63) is 56.7 Å². The molecule has 0 aliphatic rings. The number of nitrogens with zero attached hydrogens (tertiary/aromatic N) is 2. The fraction of sp³-hybridized carbons (Fsp3) is 0.154. The molecule has 0 fully saturated rings. The lowest BCUT2D eigenvalue weighted by atomic mass is 10.1. The van der Waals surface area contributed by atoms with Gasteiger partial charge in [-0.3, -0.25) is 10.1 Å². The lowest BCUT2D eigenvalue weighted by molar-refractivity contribution is -0.384. The number of hydrogen-bond donors (Lipinski definition) is 1. The van der Waals surface area contributed by atoms with E-state index < -0.39 is 4.92 Å².